The van der Waals surface area contributed by atoms with Gasteiger partial charge in [-0.1, -0.05) is 32.9 Å². The number of amides is 1. The molecule has 5 rings (SSSR count). The number of aliphatic hydroxyl groups is 2. The van der Waals surface area contributed by atoms with Crippen molar-refractivity contribution in [2.75, 3.05) is 31.6 Å². The lowest BCUT2D eigenvalue weighted by molar-refractivity contribution is -0.0468. The molecule has 0 spiro atoms. The molecule has 1 saturated carbocycles. The molecule has 5 N–H and O–H groups in total. The molecule has 2 fully saturated rings. The van der Waals surface area contributed by atoms with E-state index in [0.717, 1.165) is 19.3 Å². The Morgan fingerprint density at radius 3 is 2.40 bits per heavy atom. The zero-order valence-corrected chi connectivity index (χ0v) is 25.1. The molecule has 1 aliphatic heterocycles. The number of fused-ring (bicyclic) bond motifs is 1. The molecule has 3 heterocycles. The smallest absolute Gasteiger partial charge is 0.362 e. The Morgan fingerprint density at radius 1 is 1.09 bits per heavy atom. The van der Waals surface area contributed by atoms with Crippen molar-refractivity contribution in [3.05, 3.63) is 42.5 Å². The van der Waals surface area contributed by atoms with Gasteiger partial charge in [-0.05, 0) is 51.0 Å². The molecule has 4 atom stereocenters. The summed E-state index contributed by atoms with van der Waals surface area (Å²) in [5.41, 5.74) is 0.550. The number of ether oxygens (including phenoxy) is 1. The van der Waals surface area contributed by atoms with Gasteiger partial charge in [0, 0.05) is 6.04 Å². The zero-order valence-electron chi connectivity index (χ0n) is 24.3. The third-order valence-electron chi connectivity index (χ3n) is 7.51. The lowest BCUT2D eigenvalue weighted by Gasteiger charge is -2.26. The number of phenolic OH excluding ortho intramolecular Hbond substituents is 1. The van der Waals surface area contributed by atoms with Crippen molar-refractivity contribution in [3.63, 3.8) is 0 Å². The van der Waals surface area contributed by atoms with Gasteiger partial charge >= 0.3 is 10.3 Å². The monoisotopic (exact) mass is 621 g/mol. The normalized spacial score (nSPS) is 22.2. The number of anilines is 1. The fourth-order valence-corrected chi connectivity index (χ4v) is 5.39. The second-order valence-electron chi connectivity index (χ2n) is 10.2. The third kappa shape index (κ3) is 7.76. The maximum absolute atomic E-state index is 12.2. The van der Waals surface area contributed by atoms with E-state index in [4.69, 9.17) is 8.92 Å². The van der Waals surface area contributed by atoms with E-state index in [1.54, 1.807) is 4.72 Å². The van der Waals surface area contributed by atoms with Gasteiger partial charge in [-0.25, -0.2) is 19.7 Å². The van der Waals surface area contributed by atoms with Gasteiger partial charge in [-0.3, -0.25) is 13.5 Å². The number of carbonyl (C=O) groups is 1. The standard InChI is InChI=1S/C21H24N6O8S.C6H15N/c28-13-7-2-1-6-12(13)20(31)26-36(32,33)34-8-14-16(29)17(30)21(35-14)27-10-24-15-18(22-9-23-19(15)27)25-11-4-3-5-11;1-4-7(5-2)6-3/h1-2,6-7,9-11,14,16-17,21,28-30H,3-5,8H2,(H,26,31)(H,22,23,25);4-6H2,1-3H3/t14-,16-,17-,21-;/m1./s1. The minimum absolute atomic E-state index is 0.266. The summed E-state index contributed by atoms with van der Waals surface area (Å²) in [7, 11) is -4.63. The van der Waals surface area contributed by atoms with Crippen LogP contribution in [0.1, 0.15) is 56.6 Å². The molecule has 0 bridgehead atoms. The highest BCUT2D eigenvalue weighted by molar-refractivity contribution is 7.85. The molecule has 2 aromatic heterocycles. The quantitative estimate of drug-likeness (QED) is 0.204. The van der Waals surface area contributed by atoms with Crippen molar-refractivity contribution < 1.29 is 37.5 Å². The summed E-state index contributed by atoms with van der Waals surface area (Å²) >= 11 is 0. The number of hydrogen-bond acceptors (Lipinski definition) is 13. The number of aromatic nitrogens is 4. The minimum atomic E-state index is -4.63. The molecule has 1 aliphatic carbocycles. The average Bonchev–Trinajstić information content (AvgIpc) is 3.52. The third-order valence-corrected chi connectivity index (χ3v) is 8.39. The number of aromatic hydroxyl groups is 1. The molecule has 1 amide bonds. The van der Waals surface area contributed by atoms with Gasteiger partial charge in [0.05, 0.1) is 18.5 Å². The molecule has 15 nitrogen and oxygen atoms in total. The van der Waals surface area contributed by atoms with Crippen LogP contribution in [-0.2, 0) is 19.2 Å². The van der Waals surface area contributed by atoms with Crippen molar-refractivity contribution in [1.82, 2.24) is 29.1 Å². The van der Waals surface area contributed by atoms with Gasteiger partial charge in [0.25, 0.3) is 5.91 Å². The highest BCUT2D eigenvalue weighted by Crippen LogP contribution is 2.33. The number of carbonyl (C=O) groups excluding carboxylic acids is 1. The summed E-state index contributed by atoms with van der Waals surface area (Å²) in [6.45, 7) is 9.42. The van der Waals surface area contributed by atoms with Gasteiger partial charge < -0.3 is 30.3 Å². The largest absolute Gasteiger partial charge is 0.507 e. The van der Waals surface area contributed by atoms with Crippen LogP contribution in [-0.4, -0.2) is 105 Å². The zero-order chi connectivity index (χ0) is 31.1. The van der Waals surface area contributed by atoms with Crippen LogP contribution >= 0.6 is 0 Å². The van der Waals surface area contributed by atoms with E-state index in [1.165, 1.54) is 61.1 Å². The van der Waals surface area contributed by atoms with Crippen LogP contribution in [0.5, 0.6) is 5.75 Å². The summed E-state index contributed by atoms with van der Waals surface area (Å²) in [4.78, 5) is 27.3. The van der Waals surface area contributed by atoms with Crippen molar-refractivity contribution in [2.24, 2.45) is 0 Å². The maximum atomic E-state index is 12.2. The summed E-state index contributed by atoms with van der Waals surface area (Å²) in [5, 5.41) is 34.1. The van der Waals surface area contributed by atoms with E-state index in [2.05, 4.69) is 45.9 Å². The minimum Gasteiger partial charge on any atom is -0.507 e. The molecule has 1 saturated heterocycles. The lowest BCUT2D eigenvalue weighted by atomic mass is 9.93. The van der Waals surface area contributed by atoms with Crippen LogP contribution in [0, 0.1) is 0 Å². The molecule has 43 heavy (non-hydrogen) atoms. The predicted molar refractivity (Wildman–Crippen MR) is 156 cm³/mol. The second kappa shape index (κ2) is 14.4. The average molecular weight is 622 g/mol. The molecule has 0 unspecified atom stereocenters. The lowest BCUT2D eigenvalue weighted by Crippen LogP contribution is -2.37. The van der Waals surface area contributed by atoms with E-state index in [0.29, 0.717) is 23.0 Å². The second-order valence-corrected chi connectivity index (χ2v) is 11.5. The van der Waals surface area contributed by atoms with E-state index in [1.807, 2.05) is 0 Å². The molecular weight excluding hydrogens is 582 g/mol. The van der Waals surface area contributed by atoms with Crippen LogP contribution < -0.4 is 10.0 Å². The Kier molecular flexibility index (Phi) is 10.9. The maximum Gasteiger partial charge on any atom is 0.362 e. The van der Waals surface area contributed by atoms with Gasteiger partial charge in [0.2, 0.25) is 0 Å². The fourth-order valence-electron chi connectivity index (χ4n) is 4.68. The summed E-state index contributed by atoms with van der Waals surface area (Å²) < 4.78 is 38.1. The van der Waals surface area contributed by atoms with Crippen LogP contribution in [0.2, 0.25) is 0 Å². The van der Waals surface area contributed by atoms with E-state index in [9.17, 15) is 28.5 Å². The Balaban J connectivity index is 0.000000541. The van der Waals surface area contributed by atoms with Crippen LogP contribution in [0.25, 0.3) is 11.2 Å². The first kappa shape index (κ1) is 32.5. The molecule has 16 heteroatoms. The van der Waals surface area contributed by atoms with Gasteiger partial charge in [0.1, 0.15) is 30.4 Å². The fraction of sp³-hybridized carbons (Fsp3) is 0.556. The predicted octanol–water partition coefficient (Wildman–Crippen LogP) is 1.16. The number of rotatable bonds is 11. The van der Waals surface area contributed by atoms with Crippen molar-refractivity contribution in [2.45, 2.75) is 70.6 Å². The molecule has 1 aromatic carbocycles. The number of imidazole rings is 1. The van der Waals surface area contributed by atoms with E-state index in [-0.39, 0.29) is 5.56 Å². The van der Waals surface area contributed by atoms with Gasteiger partial charge in [-0.2, -0.15) is 8.42 Å². The highest BCUT2D eigenvalue weighted by Gasteiger charge is 2.45. The van der Waals surface area contributed by atoms with Crippen LogP contribution in [0.4, 0.5) is 5.82 Å². The number of nitrogens with one attached hydrogen (secondary N) is 2. The molecule has 236 valence electrons. The summed E-state index contributed by atoms with van der Waals surface area (Å²) in [6.07, 6.45) is 0.576. The van der Waals surface area contributed by atoms with E-state index < -0.39 is 53.1 Å². The summed E-state index contributed by atoms with van der Waals surface area (Å²) in [6, 6.07) is 5.68. The topological polar surface area (TPSA) is 201 Å². The SMILES string of the molecule is CCN(CC)CC.O=C(NS(=O)(=O)OC[C@H]1O[C@@H](n2cnc3c(NC4CCC4)ncnc32)[C@H](O)[C@@H]1O)c1ccccc1O. The van der Waals surface area contributed by atoms with Crippen molar-refractivity contribution >= 4 is 33.2 Å². The Hall–Kier alpha value is -3.41. The van der Waals surface area contributed by atoms with Crippen LogP contribution in [0.15, 0.2) is 36.9 Å². The number of para-hydroxylation sites is 1. The molecule has 3 aromatic rings. The van der Waals surface area contributed by atoms with Gasteiger partial charge in [0.15, 0.2) is 23.2 Å². The van der Waals surface area contributed by atoms with Gasteiger partial charge in [-0.15, -0.1) is 0 Å². The molecular formula is C27H39N7O8S. The Bertz CT molecular complexity index is 1470. The first-order valence-corrected chi connectivity index (χ1v) is 15.7. The number of aliphatic hydroxyl groups excluding tert-OH is 2. The summed E-state index contributed by atoms with van der Waals surface area (Å²) in [5.74, 6) is -0.967. The Morgan fingerprint density at radius 2 is 1.79 bits per heavy atom. The number of nitrogens with zero attached hydrogens (tertiary/aromatic N) is 5. The molecule has 0 radical (unpaired) electrons. The number of hydrogen-bond donors (Lipinski definition) is 5. The first-order valence-electron chi connectivity index (χ1n) is 14.3. The number of benzene rings is 1. The Labute approximate surface area is 250 Å². The van der Waals surface area contributed by atoms with Crippen molar-refractivity contribution in [1.29, 1.82) is 0 Å². The van der Waals surface area contributed by atoms with Crippen molar-refractivity contribution in [3.8, 4) is 5.75 Å². The highest BCUT2D eigenvalue weighted by atomic mass is 32.2. The van der Waals surface area contributed by atoms with E-state index >= 15 is 0 Å². The first-order chi connectivity index (χ1) is 20.6. The number of phenols is 1. The molecule has 2 aliphatic rings. The van der Waals surface area contributed by atoms with Crippen LogP contribution in [0.3, 0.4) is 0 Å².